The highest BCUT2D eigenvalue weighted by atomic mass is 16.6. The lowest BCUT2D eigenvalue weighted by Gasteiger charge is -2.33. The summed E-state index contributed by atoms with van der Waals surface area (Å²) < 4.78 is 49.9. The van der Waals surface area contributed by atoms with Gasteiger partial charge >= 0.3 is 5.69 Å². The summed E-state index contributed by atoms with van der Waals surface area (Å²) in [5.41, 5.74) is 0.654. The topological polar surface area (TPSA) is 83.1 Å². The monoisotopic (exact) mass is 401 g/mol. The summed E-state index contributed by atoms with van der Waals surface area (Å²) in [6, 6.07) is 4.70. The Balaban J connectivity index is 1.27. The summed E-state index contributed by atoms with van der Waals surface area (Å²) in [6.45, 7) is -1.87. The van der Waals surface area contributed by atoms with Crippen molar-refractivity contribution in [2.45, 2.75) is 25.9 Å². The maximum atomic E-state index is 12.1. The number of anilines is 1. The Morgan fingerprint density at radius 3 is 2.76 bits per heavy atom. The SMILES string of the molecule is [2H]C1([2H])Oc2ccc(OC3CCN(c4nc5nn(C)c(=O)n5cc4C)CC3)cc2OC1([2H])[2H]. The number of fused-ring (bicyclic) bond motifs is 2. The number of rotatable bonds is 3. The van der Waals surface area contributed by atoms with Gasteiger partial charge in [-0.3, -0.25) is 0 Å². The van der Waals surface area contributed by atoms with Crippen molar-refractivity contribution in [2.24, 2.45) is 7.05 Å². The predicted octanol–water partition coefficient (Wildman–Crippen LogP) is 1.56. The van der Waals surface area contributed by atoms with E-state index in [0.29, 0.717) is 24.6 Å². The third-order valence-electron chi connectivity index (χ3n) is 5.14. The van der Waals surface area contributed by atoms with Gasteiger partial charge in [0.2, 0.25) is 0 Å². The molecule has 0 aliphatic carbocycles. The Kier molecular flexibility index (Phi) is 3.34. The van der Waals surface area contributed by atoms with Crippen LogP contribution < -0.4 is 24.8 Å². The minimum absolute atomic E-state index is 0.0616. The first-order chi connectivity index (χ1) is 15.5. The third kappa shape index (κ3) is 3.26. The summed E-state index contributed by atoms with van der Waals surface area (Å²) >= 11 is 0. The minimum atomic E-state index is -2.62. The second-order valence-corrected chi connectivity index (χ2v) is 7.14. The van der Waals surface area contributed by atoms with Gasteiger partial charge in [-0.15, -0.1) is 5.10 Å². The molecule has 1 fully saturated rings. The molecule has 0 atom stereocenters. The summed E-state index contributed by atoms with van der Waals surface area (Å²) in [5, 5.41) is 4.17. The number of piperidine rings is 1. The quantitative estimate of drug-likeness (QED) is 0.659. The lowest BCUT2D eigenvalue weighted by molar-refractivity contribution is 0.159. The molecule has 0 N–H and O–H groups in total. The third-order valence-corrected chi connectivity index (χ3v) is 5.14. The van der Waals surface area contributed by atoms with E-state index in [4.69, 9.17) is 19.7 Å². The fourth-order valence-corrected chi connectivity index (χ4v) is 3.67. The molecule has 0 amide bonds. The first-order valence-electron chi connectivity index (χ1n) is 11.4. The van der Waals surface area contributed by atoms with Crippen LogP contribution in [0, 0.1) is 6.92 Å². The number of nitrogens with zero attached hydrogens (tertiary/aromatic N) is 5. The first-order valence-corrected chi connectivity index (χ1v) is 9.41. The molecule has 4 heterocycles. The normalized spacial score (nSPS) is 22.5. The molecule has 5 rings (SSSR count). The van der Waals surface area contributed by atoms with Crippen molar-refractivity contribution in [2.75, 3.05) is 31.1 Å². The van der Waals surface area contributed by atoms with Gasteiger partial charge in [0, 0.05) is 50.8 Å². The molecular weight excluding hydrogens is 374 g/mol. The molecule has 0 bridgehead atoms. The summed E-state index contributed by atoms with van der Waals surface area (Å²) in [4.78, 5) is 18.8. The molecule has 2 aromatic heterocycles. The molecule has 9 nitrogen and oxygen atoms in total. The van der Waals surface area contributed by atoms with Crippen molar-refractivity contribution in [3.8, 4) is 17.2 Å². The van der Waals surface area contributed by atoms with Gasteiger partial charge in [0.25, 0.3) is 5.78 Å². The molecule has 1 saturated heterocycles. The average Bonchev–Trinajstić information content (AvgIpc) is 3.02. The van der Waals surface area contributed by atoms with Crippen LogP contribution in [0.15, 0.2) is 29.2 Å². The largest absolute Gasteiger partial charge is 0.490 e. The summed E-state index contributed by atoms with van der Waals surface area (Å²) in [6.07, 6.45) is 3.16. The molecule has 3 aromatic rings. The fraction of sp³-hybridized carbons (Fsp3) is 0.450. The van der Waals surface area contributed by atoms with Gasteiger partial charge in [0.15, 0.2) is 11.5 Å². The highest BCUT2D eigenvalue weighted by molar-refractivity contribution is 5.50. The molecule has 1 aromatic carbocycles. The minimum Gasteiger partial charge on any atom is -0.490 e. The van der Waals surface area contributed by atoms with Crippen molar-refractivity contribution in [1.82, 2.24) is 19.2 Å². The number of aryl methyl sites for hydroxylation is 2. The highest BCUT2D eigenvalue weighted by Gasteiger charge is 2.24. The van der Waals surface area contributed by atoms with Gasteiger partial charge in [-0.1, -0.05) is 0 Å². The van der Waals surface area contributed by atoms with E-state index in [2.05, 4.69) is 15.0 Å². The second kappa shape index (κ2) is 6.98. The molecule has 9 heteroatoms. The molecule has 29 heavy (non-hydrogen) atoms. The first kappa shape index (κ1) is 13.9. The van der Waals surface area contributed by atoms with E-state index >= 15 is 0 Å². The van der Waals surface area contributed by atoms with E-state index in [1.54, 1.807) is 19.3 Å². The van der Waals surface area contributed by atoms with Crippen molar-refractivity contribution in [1.29, 1.82) is 0 Å². The Bertz CT molecular complexity index is 1280. The van der Waals surface area contributed by atoms with Crippen LogP contribution in [-0.4, -0.2) is 51.5 Å². The van der Waals surface area contributed by atoms with Gasteiger partial charge in [0.05, 0.1) is 5.48 Å². The van der Waals surface area contributed by atoms with Crippen LogP contribution in [0.5, 0.6) is 17.2 Å². The Labute approximate surface area is 173 Å². The second-order valence-electron chi connectivity index (χ2n) is 7.14. The number of aromatic nitrogens is 4. The number of hydrogen-bond acceptors (Lipinski definition) is 7. The van der Waals surface area contributed by atoms with Gasteiger partial charge < -0.3 is 19.1 Å². The Morgan fingerprint density at radius 2 is 1.97 bits per heavy atom. The molecule has 152 valence electrons. The Hall–Kier alpha value is -3.23. The lowest BCUT2D eigenvalue weighted by Crippen LogP contribution is -2.39. The maximum absolute atomic E-state index is 12.1. The molecule has 2 aliphatic heterocycles. The molecule has 0 radical (unpaired) electrons. The highest BCUT2D eigenvalue weighted by Crippen LogP contribution is 2.34. The zero-order chi connectivity index (χ0) is 23.5. The van der Waals surface area contributed by atoms with Crippen LogP contribution in [-0.2, 0) is 7.05 Å². The lowest BCUT2D eigenvalue weighted by atomic mass is 10.1. The van der Waals surface area contributed by atoms with E-state index in [-0.39, 0.29) is 23.3 Å². The van der Waals surface area contributed by atoms with Crippen molar-refractivity contribution >= 4 is 11.6 Å². The van der Waals surface area contributed by atoms with Crippen molar-refractivity contribution in [3.05, 3.63) is 40.4 Å². The molecule has 0 unspecified atom stereocenters. The van der Waals surface area contributed by atoms with Gasteiger partial charge in [-0.05, 0) is 19.1 Å². The smallest absolute Gasteiger partial charge is 0.351 e. The average molecular weight is 401 g/mol. The van der Waals surface area contributed by atoms with Crippen LogP contribution in [0.25, 0.3) is 5.78 Å². The zero-order valence-corrected chi connectivity index (χ0v) is 16.1. The standard InChI is InChI=1S/C20H23N5O4/c1-13-12-25-19(22-23(2)20(25)26)21-18(13)24-7-5-14(6-8-24)29-15-3-4-16-17(11-15)28-10-9-27-16/h3-4,11-12,14H,5-10H2,1-2H3/i9D2,10D2. The van der Waals surface area contributed by atoms with E-state index in [1.807, 2.05) is 6.92 Å². The van der Waals surface area contributed by atoms with E-state index in [1.165, 1.54) is 21.2 Å². The molecule has 2 aliphatic rings. The van der Waals surface area contributed by atoms with Crippen LogP contribution in [0.3, 0.4) is 0 Å². The number of hydrogen-bond donors (Lipinski definition) is 0. The predicted molar refractivity (Wildman–Crippen MR) is 106 cm³/mol. The van der Waals surface area contributed by atoms with Gasteiger partial charge in [-0.25, -0.2) is 13.9 Å². The van der Waals surface area contributed by atoms with Crippen LogP contribution in [0.1, 0.15) is 23.9 Å². The molecule has 0 spiro atoms. The fourth-order valence-electron chi connectivity index (χ4n) is 3.67. The van der Waals surface area contributed by atoms with Crippen molar-refractivity contribution in [3.63, 3.8) is 0 Å². The maximum Gasteiger partial charge on any atom is 0.351 e. The summed E-state index contributed by atoms with van der Waals surface area (Å²) in [5.74, 6) is 1.88. The van der Waals surface area contributed by atoms with E-state index in [0.717, 1.165) is 24.2 Å². The van der Waals surface area contributed by atoms with E-state index in [9.17, 15) is 4.79 Å². The van der Waals surface area contributed by atoms with Crippen LogP contribution in [0.2, 0.25) is 0 Å². The van der Waals surface area contributed by atoms with Gasteiger partial charge in [0.1, 0.15) is 30.8 Å². The Morgan fingerprint density at radius 1 is 1.21 bits per heavy atom. The molecular formula is C20H23N5O4. The number of benzene rings is 1. The molecule has 0 saturated carbocycles. The summed E-state index contributed by atoms with van der Waals surface area (Å²) in [7, 11) is 1.59. The van der Waals surface area contributed by atoms with Crippen LogP contribution >= 0.6 is 0 Å². The zero-order valence-electron chi connectivity index (χ0n) is 20.1. The van der Waals surface area contributed by atoms with E-state index < -0.39 is 13.1 Å². The number of ether oxygens (including phenoxy) is 3. The van der Waals surface area contributed by atoms with Crippen molar-refractivity contribution < 1.29 is 19.7 Å². The van der Waals surface area contributed by atoms with Gasteiger partial charge in [-0.2, -0.15) is 4.98 Å². The van der Waals surface area contributed by atoms with Crippen LogP contribution in [0.4, 0.5) is 5.82 Å².